The van der Waals surface area contributed by atoms with E-state index in [4.69, 9.17) is 9.15 Å². The van der Waals surface area contributed by atoms with Crippen molar-refractivity contribution < 1.29 is 23.1 Å². The molecule has 1 fully saturated rings. The molecular formula is C29H34FN3O4S. The van der Waals surface area contributed by atoms with Crippen LogP contribution in [0, 0.1) is 5.82 Å². The molecule has 4 rings (SSSR count). The van der Waals surface area contributed by atoms with E-state index in [1.165, 1.54) is 23.9 Å². The average molecular weight is 540 g/mol. The number of rotatable bonds is 13. The summed E-state index contributed by atoms with van der Waals surface area (Å²) in [5.41, 5.74) is 0.802. The molecule has 1 saturated heterocycles. The van der Waals surface area contributed by atoms with Crippen LogP contribution in [0.1, 0.15) is 17.7 Å². The van der Waals surface area contributed by atoms with Gasteiger partial charge in [-0.2, -0.15) is 0 Å². The van der Waals surface area contributed by atoms with Gasteiger partial charge in [0.25, 0.3) is 0 Å². The normalized spacial score (nSPS) is 13.8. The smallest absolute Gasteiger partial charge is 0.242 e. The van der Waals surface area contributed by atoms with Crippen molar-refractivity contribution in [1.82, 2.24) is 14.7 Å². The summed E-state index contributed by atoms with van der Waals surface area (Å²) in [5, 5.41) is 0. The molecule has 9 heteroatoms. The number of morpholine rings is 1. The molecule has 2 amide bonds. The van der Waals surface area contributed by atoms with Crippen molar-refractivity contribution >= 4 is 23.6 Å². The summed E-state index contributed by atoms with van der Waals surface area (Å²) in [6.07, 6.45) is 2.34. The van der Waals surface area contributed by atoms with Crippen LogP contribution in [-0.2, 0) is 27.4 Å². The summed E-state index contributed by atoms with van der Waals surface area (Å²) in [6, 6.07) is 19.5. The molecule has 7 nitrogen and oxygen atoms in total. The Balaban J connectivity index is 1.42. The number of carbonyl (C=O) groups is 2. The number of hydrogen-bond acceptors (Lipinski definition) is 6. The Hall–Kier alpha value is -3.14. The Labute approximate surface area is 227 Å². The molecule has 3 aromatic rings. The first-order valence-corrected chi connectivity index (χ1v) is 13.9. The van der Waals surface area contributed by atoms with E-state index in [0.29, 0.717) is 12.3 Å². The molecule has 0 atom stereocenters. The Bertz CT molecular complexity index is 1120. The first-order chi connectivity index (χ1) is 18.6. The maximum absolute atomic E-state index is 13.6. The molecule has 0 aliphatic carbocycles. The number of carbonyl (C=O) groups excluding carboxylic acids is 2. The molecule has 0 bridgehead atoms. The zero-order valence-corrected chi connectivity index (χ0v) is 22.3. The van der Waals surface area contributed by atoms with Gasteiger partial charge in [0.15, 0.2) is 0 Å². The van der Waals surface area contributed by atoms with Crippen LogP contribution < -0.4 is 0 Å². The first-order valence-electron chi connectivity index (χ1n) is 12.9. The minimum atomic E-state index is -0.328. The topological polar surface area (TPSA) is 66.2 Å². The summed E-state index contributed by atoms with van der Waals surface area (Å²) in [7, 11) is 0. The minimum absolute atomic E-state index is 0.0286. The predicted octanol–water partition coefficient (Wildman–Crippen LogP) is 4.29. The van der Waals surface area contributed by atoms with Crippen LogP contribution in [0.4, 0.5) is 4.39 Å². The van der Waals surface area contributed by atoms with Crippen LogP contribution in [-0.4, -0.2) is 78.2 Å². The Morgan fingerprint density at radius 3 is 2.37 bits per heavy atom. The Kier molecular flexibility index (Phi) is 10.8. The molecule has 1 aliphatic rings. The number of furan rings is 1. The highest BCUT2D eigenvalue weighted by Gasteiger charge is 2.23. The van der Waals surface area contributed by atoms with Crippen LogP contribution in [0.15, 0.2) is 82.3 Å². The summed E-state index contributed by atoms with van der Waals surface area (Å²) in [4.78, 5) is 33.5. The van der Waals surface area contributed by atoms with E-state index in [2.05, 4.69) is 4.90 Å². The Morgan fingerprint density at radius 1 is 0.895 bits per heavy atom. The number of nitrogens with zero attached hydrogens (tertiary/aromatic N) is 3. The van der Waals surface area contributed by atoms with Crippen LogP contribution in [0.2, 0.25) is 0 Å². The van der Waals surface area contributed by atoms with Gasteiger partial charge in [-0.1, -0.05) is 30.3 Å². The molecule has 0 unspecified atom stereocenters. The second-order valence-electron chi connectivity index (χ2n) is 9.18. The molecule has 2 heterocycles. The summed E-state index contributed by atoms with van der Waals surface area (Å²) in [5.74, 6) is 0.310. The highest BCUT2D eigenvalue weighted by Crippen LogP contribution is 2.18. The van der Waals surface area contributed by atoms with E-state index in [0.717, 1.165) is 49.7 Å². The van der Waals surface area contributed by atoms with Crippen molar-refractivity contribution in [2.45, 2.75) is 24.4 Å². The molecule has 38 heavy (non-hydrogen) atoms. The highest BCUT2D eigenvalue weighted by atomic mass is 32.2. The lowest BCUT2D eigenvalue weighted by molar-refractivity contribution is -0.140. The van der Waals surface area contributed by atoms with Gasteiger partial charge in [-0.3, -0.25) is 14.5 Å². The molecule has 0 spiro atoms. The van der Waals surface area contributed by atoms with Gasteiger partial charge in [-0.15, -0.1) is 11.8 Å². The molecule has 202 valence electrons. The van der Waals surface area contributed by atoms with Crippen molar-refractivity contribution in [2.24, 2.45) is 0 Å². The minimum Gasteiger partial charge on any atom is -0.467 e. The van der Waals surface area contributed by atoms with Crippen molar-refractivity contribution in [1.29, 1.82) is 0 Å². The van der Waals surface area contributed by atoms with Gasteiger partial charge in [-0.05, 0) is 48.4 Å². The number of thioether (sulfide) groups is 1. The molecular weight excluding hydrogens is 505 g/mol. The van der Waals surface area contributed by atoms with Gasteiger partial charge in [0.05, 0.1) is 38.3 Å². The van der Waals surface area contributed by atoms with Crippen LogP contribution in [0.3, 0.4) is 0 Å². The number of hydrogen-bond donors (Lipinski definition) is 0. The Morgan fingerprint density at radius 2 is 1.66 bits per heavy atom. The van der Waals surface area contributed by atoms with Crippen molar-refractivity contribution in [3.63, 3.8) is 0 Å². The van der Waals surface area contributed by atoms with Gasteiger partial charge in [0.2, 0.25) is 11.8 Å². The number of ether oxygens (including phenoxy) is 1. The van der Waals surface area contributed by atoms with Crippen LogP contribution in [0.25, 0.3) is 0 Å². The third kappa shape index (κ3) is 9.01. The van der Waals surface area contributed by atoms with Crippen molar-refractivity contribution in [3.05, 3.63) is 90.1 Å². The molecule has 1 aliphatic heterocycles. The molecule has 0 N–H and O–H groups in total. The maximum Gasteiger partial charge on any atom is 0.242 e. The monoisotopic (exact) mass is 539 g/mol. The second-order valence-corrected chi connectivity index (χ2v) is 10.2. The lowest BCUT2D eigenvalue weighted by atomic mass is 10.2. The van der Waals surface area contributed by atoms with E-state index in [1.807, 2.05) is 36.4 Å². The average Bonchev–Trinajstić information content (AvgIpc) is 3.46. The largest absolute Gasteiger partial charge is 0.467 e. The highest BCUT2D eigenvalue weighted by molar-refractivity contribution is 8.00. The second kappa shape index (κ2) is 14.7. The van der Waals surface area contributed by atoms with Gasteiger partial charge in [0.1, 0.15) is 11.6 Å². The fourth-order valence-corrected chi connectivity index (χ4v) is 5.07. The van der Waals surface area contributed by atoms with Crippen LogP contribution in [0.5, 0.6) is 0 Å². The van der Waals surface area contributed by atoms with E-state index >= 15 is 0 Å². The van der Waals surface area contributed by atoms with Gasteiger partial charge < -0.3 is 19.0 Å². The quantitative estimate of drug-likeness (QED) is 0.302. The molecule has 2 aromatic carbocycles. The van der Waals surface area contributed by atoms with Crippen molar-refractivity contribution in [3.8, 4) is 0 Å². The number of amides is 2. The molecule has 0 saturated carbocycles. The zero-order chi connectivity index (χ0) is 26.6. The third-order valence-electron chi connectivity index (χ3n) is 6.36. The van der Waals surface area contributed by atoms with Gasteiger partial charge in [0, 0.05) is 37.6 Å². The number of benzene rings is 2. The summed E-state index contributed by atoms with van der Waals surface area (Å²) < 4.78 is 24.4. The predicted molar refractivity (Wildman–Crippen MR) is 145 cm³/mol. The standard InChI is InChI=1S/C29H34FN3O4S/c30-25-11-9-24(10-12-25)20-33(21-26-6-4-17-37-26)28(34)22-32(14-5-13-31-15-18-36-19-16-31)29(35)23-38-27-7-2-1-3-8-27/h1-4,6-12,17H,5,13-16,18-23H2. The lowest BCUT2D eigenvalue weighted by Gasteiger charge is -2.29. The van der Waals surface area contributed by atoms with Crippen LogP contribution >= 0.6 is 11.8 Å². The zero-order valence-electron chi connectivity index (χ0n) is 21.5. The number of halogens is 1. The molecule has 1 aromatic heterocycles. The lowest BCUT2D eigenvalue weighted by Crippen LogP contribution is -2.44. The fraction of sp³-hybridized carbons (Fsp3) is 0.379. The van der Waals surface area contributed by atoms with Gasteiger partial charge >= 0.3 is 0 Å². The van der Waals surface area contributed by atoms with Crippen molar-refractivity contribution in [2.75, 3.05) is 51.7 Å². The summed E-state index contributed by atoms with van der Waals surface area (Å²) >= 11 is 1.47. The fourth-order valence-electron chi connectivity index (χ4n) is 4.25. The van der Waals surface area contributed by atoms with E-state index in [9.17, 15) is 14.0 Å². The maximum atomic E-state index is 13.6. The van der Waals surface area contributed by atoms with E-state index in [-0.39, 0.29) is 43.0 Å². The first kappa shape index (κ1) is 27.9. The molecule has 0 radical (unpaired) electrons. The summed E-state index contributed by atoms with van der Waals surface area (Å²) in [6.45, 7) is 5.06. The van der Waals surface area contributed by atoms with E-state index < -0.39 is 0 Å². The van der Waals surface area contributed by atoms with Gasteiger partial charge in [-0.25, -0.2) is 4.39 Å². The third-order valence-corrected chi connectivity index (χ3v) is 7.35. The SMILES string of the molecule is O=C(CSc1ccccc1)N(CCCN1CCOCC1)CC(=O)N(Cc1ccc(F)cc1)Cc1ccco1. The van der Waals surface area contributed by atoms with E-state index in [1.54, 1.807) is 34.3 Å².